The highest BCUT2D eigenvalue weighted by atomic mass is 79.9. The van der Waals surface area contributed by atoms with E-state index in [9.17, 15) is 19.8 Å². The maximum absolute atomic E-state index is 10.5. The molecular weight excluding hydrogens is 380 g/mol. The number of rotatable bonds is 5. The lowest BCUT2D eigenvalue weighted by atomic mass is 10.2. The summed E-state index contributed by atoms with van der Waals surface area (Å²) < 4.78 is 10.4. The van der Waals surface area contributed by atoms with Crippen LogP contribution >= 0.6 is 15.9 Å². The molecule has 0 aliphatic heterocycles. The van der Waals surface area contributed by atoms with E-state index >= 15 is 0 Å². The van der Waals surface area contributed by atoms with Crippen molar-refractivity contribution in [2.45, 2.75) is 6.92 Å². The van der Waals surface area contributed by atoms with Crippen LogP contribution in [0.1, 0.15) is 27.6 Å². The van der Waals surface area contributed by atoms with Gasteiger partial charge in [-0.15, -0.1) is 0 Å². The highest BCUT2D eigenvalue weighted by molar-refractivity contribution is 9.10. The van der Waals surface area contributed by atoms with Crippen molar-refractivity contribution in [3.8, 4) is 23.0 Å². The van der Waals surface area contributed by atoms with Crippen molar-refractivity contribution in [2.75, 3.05) is 13.7 Å². The summed E-state index contributed by atoms with van der Waals surface area (Å²) in [4.78, 5) is 20.8. The molecule has 0 atom stereocenters. The molecule has 0 saturated carbocycles. The zero-order chi connectivity index (χ0) is 18.1. The lowest BCUT2D eigenvalue weighted by Crippen LogP contribution is -1.93. The number of benzene rings is 2. The van der Waals surface area contributed by atoms with Crippen molar-refractivity contribution in [3.63, 3.8) is 0 Å². The fourth-order valence-electron chi connectivity index (χ4n) is 1.75. The molecule has 2 aromatic carbocycles. The van der Waals surface area contributed by atoms with Crippen molar-refractivity contribution < 1.29 is 29.3 Å². The summed E-state index contributed by atoms with van der Waals surface area (Å²) in [6, 6.07) is 8.03. The molecule has 128 valence electrons. The Morgan fingerprint density at radius 1 is 1.04 bits per heavy atom. The molecule has 0 aliphatic carbocycles. The van der Waals surface area contributed by atoms with Gasteiger partial charge in [-0.1, -0.05) is 6.07 Å². The minimum absolute atomic E-state index is 0.0886. The largest absolute Gasteiger partial charge is 0.504 e. The number of carbonyl (C=O) groups excluding carboxylic acids is 2. The minimum Gasteiger partial charge on any atom is -0.504 e. The first-order valence-electron chi connectivity index (χ1n) is 6.90. The first kappa shape index (κ1) is 19.5. The summed E-state index contributed by atoms with van der Waals surface area (Å²) >= 11 is 3.12. The molecule has 7 heteroatoms. The van der Waals surface area contributed by atoms with Crippen LogP contribution < -0.4 is 9.47 Å². The van der Waals surface area contributed by atoms with Crippen LogP contribution in [0.4, 0.5) is 0 Å². The Morgan fingerprint density at radius 3 is 2.29 bits per heavy atom. The third-order valence-corrected chi connectivity index (χ3v) is 3.61. The number of phenols is 2. The second-order valence-electron chi connectivity index (χ2n) is 4.37. The van der Waals surface area contributed by atoms with Gasteiger partial charge in [-0.25, -0.2) is 0 Å². The number of hydrogen-bond acceptors (Lipinski definition) is 6. The highest BCUT2D eigenvalue weighted by Gasteiger charge is 2.10. The van der Waals surface area contributed by atoms with Gasteiger partial charge in [-0.2, -0.15) is 0 Å². The number of para-hydroxylation sites is 1. The quantitative estimate of drug-likeness (QED) is 0.750. The van der Waals surface area contributed by atoms with E-state index in [0.717, 1.165) is 0 Å². The number of carbonyl (C=O) groups is 2. The molecule has 2 rings (SSSR count). The maximum Gasteiger partial charge on any atom is 0.169 e. The van der Waals surface area contributed by atoms with Gasteiger partial charge in [0.2, 0.25) is 0 Å². The number of methoxy groups -OCH3 is 1. The molecule has 0 unspecified atom stereocenters. The summed E-state index contributed by atoms with van der Waals surface area (Å²) in [6.07, 6.45) is 1.17. The average molecular weight is 397 g/mol. The Balaban J connectivity index is 0.000000240. The van der Waals surface area contributed by atoms with E-state index in [1.807, 2.05) is 6.92 Å². The number of phenolic OH excluding ortho intramolecular Hbond substituents is 2. The van der Waals surface area contributed by atoms with Crippen molar-refractivity contribution in [3.05, 3.63) is 45.9 Å². The zero-order valence-corrected chi connectivity index (χ0v) is 14.7. The van der Waals surface area contributed by atoms with Crippen molar-refractivity contribution in [1.82, 2.24) is 0 Å². The smallest absolute Gasteiger partial charge is 0.169 e. The van der Waals surface area contributed by atoms with Gasteiger partial charge in [0, 0.05) is 4.47 Å². The van der Waals surface area contributed by atoms with E-state index < -0.39 is 0 Å². The van der Waals surface area contributed by atoms with Crippen molar-refractivity contribution >= 4 is 28.5 Å². The highest BCUT2D eigenvalue weighted by Crippen LogP contribution is 2.33. The minimum atomic E-state index is -0.137. The number of aldehydes is 2. The van der Waals surface area contributed by atoms with Crippen LogP contribution in [0.2, 0.25) is 0 Å². The van der Waals surface area contributed by atoms with Gasteiger partial charge < -0.3 is 19.7 Å². The molecule has 6 nitrogen and oxygen atoms in total. The van der Waals surface area contributed by atoms with E-state index in [1.165, 1.54) is 13.2 Å². The Bertz CT molecular complexity index is 714. The molecule has 0 aliphatic rings. The summed E-state index contributed by atoms with van der Waals surface area (Å²) in [5.74, 6) is 0.415. The maximum atomic E-state index is 10.5. The summed E-state index contributed by atoms with van der Waals surface area (Å²) in [6.45, 7) is 2.28. The standard InChI is InChI=1S/C9H10O3.C8H7BrO3/c1-2-12-8-5-3-4-7(6-10)9(8)11;1-12-7-3-2-6(9)5(4-10)8(7)11/h3-6,11H,2H2,1H3;2-4,11H,1H3. The number of aromatic hydroxyl groups is 2. The normalized spacial score (nSPS) is 9.46. The molecule has 0 radical (unpaired) electrons. The molecule has 0 amide bonds. The fourth-order valence-corrected chi connectivity index (χ4v) is 2.16. The Kier molecular flexibility index (Phi) is 7.77. The summed E-state index contributed by atoms with van der Waals surface area (Å²) in [5.41, 5.74) is 0.454. The third-order valence-electron chi connectivity index (χ3n) is 2.92. The van der Waals surface area contributed by atoms with Gasteiger partial charge in [0.15, 0.2) is 35.6 Å². The van der Waals surface area contributed by atoms with E-state index in [2.05, 4.69) is 15.9 Å². The number of halogens is 1. The Morgan fingerprint density at radius 2 is 1.75 bits per heavy atom. The molecule has 0 spiro atoms. The lowest BCUT2D eigenvalue weighted by molar-refractivity contribution is 0.111. The predicted octanol–water partition coefficient (Wildman–Crippen LogP) is 3.58. The molecule has 2 N–H and O–H groups in total. The van der Waals surface area contributed by atoms with Gasteiger partial charge in [0.25, 0.3) is 0 Å². The van der Waals surface area contributed by atoms with E-state index in [-0.39, 0.29) is 22.6 Å². The zero-order valence-electron chi connectivity index (χ0n) is 13.2. The van der Waals surface area contributed by atoms with Gasteiger partial charge in [0.1, 0.15) is 0 Å². The SMILES string of the molecule is CCOc1cccc(C=O)c1O.COc1ccc(Br)c(C=O)c1O. The molecule has 0 heterocycles. The number of ether oxygens (including phenoxy) is 2. The van der Waals surface area contributed by atoms with Crippen LogP contribution in [0.25, 0.3) is 0 Å². The van der Waals surface area contributed by atoms with Gasteiger partial charge >= 0.3 is 0 Å². The van der Waals surface area contributed by atoms with Crippen molar-refractivity contribution in [1.29, 1.82) is 0 Å². The van der Waals surface area contributed by atoms with E-state index in [0.29, 0.717) is 35.2 Å². The van der Waals surface area contributed by atoms with Crippen LogP contribution in [0, 0.1) is 0 Å². The van der Waals surface area contributed by atoms with Crippen LogP contribution in [0.15, 0.2) is 34.8 Å². The van der Waals surface area contributed by atoms with Gasteiger partial charge in [-0.05, 0) is 47.1 Å². The number of hydrogen-bond donors (Lipinski definition) is 2. The molecular formula is C17H17BrO6. The first-order chi connectivity index (χ1) is 11.5. The molecule has 2 aromatic rings. The first-order valence-corrected chi connectivity index (χ1v) is 7.69. The Labute approximate surface area is 147 Å². The predicted molar refractivity (Wildman–Crippen MR) is 92.4 cm³/mol. The second-order valence-corrected chi connectivity index (χ2v) is 5.23. The van der Waals surface area contributed by atoms with E-state index in [4.69, 9.17) is 9.47 Å². The molecule has 24 heavy (non-hydrogen) atoms. The summed E-state index contributed by atoms with van der Waals surface area (Å²) in [7, 11) is 1.43. The van der Waals surface area contributed by atoms with Crippen molar-refractivity contribution in [2.24, 2.45) is 0 Å². The topological polar surface area (TPSA) is 93.1 Å². The van der Waals surface area contributed by atoms with Crippen LogP contribution in [-0.2, 0) is 0 Å². The van der Waals surface area contributed by atoms with Gasteiger partial charge in [-0.3, -0.25) is 9.59 Å². The third kappa shape index (κ3) is 4.73. The second kappa shape index (κ2) is 9.57. The van der Waals surface area contributed by atoms with Gasteiger partial charge in [0.05, 0.1) is 24.8 Å². The molecule has 0 fully saturated rings. The fraction of sp³-hybridized carbons (Fsp3) is 0.176. The monoisotopic (exact) mass is 396 g/mol. The van der Waals surface area contributed by atoms with Crippen LogP contribution in [0.3, 0.4) is 0 Å². The van der Waals surface area contributed by atoms with E-state index in [1.54, 1.807) is 24.3 Å². The van der Waals surface area contributed by atoms with Crippen LogP contribution in [-0.4, -0.2) is 36.5 Å². The Hall–Kier alpha value is -2.54. The lowest BCUT2D eigenvalue weighted by Gasteiger charge is -2.05. The molecule has 0 aromatic heterocycles. The molecule has 0 bridgehead atoms. The average Bonchev–Trinajstić information content (AvgIpc) is 2.58. The summed E-state index contributed by atoms with van der Waals surface area (Å²) in [5, 5.41) is 18.7. The van der Waals surface area contributed by atoms with Crippen LogP contribution in [0.5, 0.6) is 23.0 Å². The molecule has 0 saturated heterocycles.